The molecule has 21 heavy (non-hydrogen) atoms. The second-order valence-electron chi connectivity index (χ2n) is 5.04. The standard InChI is InChI=1S/C17H17ClN2O/c1-11-3-6-15(12(2)20)17(7-11)21-10-14-5-4-13(9-19)8-16(14)18/h3-8,12H,10,20H2,1-2H3/t12-/m0/s1. The van der Waals surface area contributed by atoms with Crippen molar-refractivity contribution in [3.8, 4) is 11.8 Å². The van der Waals surface area contributed by atoms with Gasteiger partial charge in [-0.2, -0.15) is 5.26 Å². The van der Waals surface area contributed by atoms with Gasteiger partial charge in [0.25, 0.3) is 0 Å². The van der Waals surface area contributed by atoms with Crippen molar-refractivity contribution in [1.29, 1.82) is 5.26 Å². The minimum Gasteiger partial charge on any atom is -0.488 e. The highest BCUT2D eigenvalue weighted by Crippen LogP contribution is 2.27. The largest absolute Gasteiger partial charge is 0.488 e. The molecule has 0 fully saturated rings. The molecule has 2 N–H and O–H groups in total. The maximum Gasteiger partial charge on any atom is 0.124 e. The van der Waals surface area contributed by atoms with E-state index in [0.29, 0.717) is 17.2 Å². The smallest absolute Gasteiger partial charge is 0.124 e. The first-order valence-electron chi connectivity index (χ1n) is 6.68. The van der Waals surface area contributed by atoms with Crippen LogP contribution in [-0.4, -0.2) is 0 Å². The second-order valence-corrected chi connectivity index (χ2v) is 5.44. The summed E-state index contributed by atoms with van der Waals surface area (Å²) >= 11 is 6.15. The zero-order valence-corrected chi connectivity index (χ0v) is 12.8. The third-order valence-corrected chi connectivity index (χ3v) is 3.58. The fraction of sp³-hybridized carbons (Fsp3) is 0.235. The van der Waals surface area contributed by atoms with Crippen LogP contribution < -0.4 is 10.5 Å². The van der Waals surface area contributed by atoms with Crippen molar-refractivity contribution < 1.29 is 4.74 Å². The summed E-state index contributed by atoms with van der Waals surface area (Å²) in [5, 5.41) is 9.37. The summed E-state index contributed by atoms with van der Waals surface area (Å²) in [6.07, 6.45) is 0. The molecule has 0 aliphatic rings. The average molecular weight is 301 g/mol. The van der Waals surface area contributed by atoms with Crippen LogP contribution in [0.25, 0.3) is 0 Å². The molecule has 0 bridgehead atoms. The molecule has 108 valence electrons. The van der Waals surface area contributed by atoms with Gasteiger partial charge < -0.3 is 10.5 Å². The highest BCUT2D eigenvalue weighted by Gasteiger charge is 2.10. The van der Waals surface area contributed by atoms with Gasteiger partial charge in [0.1, 0.15) is 12.4 Å². The maximum atomic E-state index is 8.84. The lowest BCUT2D eigenvalue weighted by Crippen LogP contribution is -2.08. The quantitative estimate of drug-likeness (QED) is 0.924. The van der Waals surface area contributed by atoms with Crippen molar-refractivity contribution in [2.24, 2.45) is 5.73 Å². The van der Waals surface area contributed by atoms with Gasteiger partial charge in [-0.3, -0.25) is 0 Å². The number of halogens is 1. The van der Waals surface area contributed by atoms with Crippen molar-refractivity contribution in [2.45, 2.75) is 26.5 Å². The van der Waals surface area contributed by atoms with E-state index in [2.05, 4.69) is 6.07 Å². The number of hydrogen-bond acceptors (Lipinski definition) is 3. The number of benzene rings is 2. The van der Waals surface area contributed by atoms with E-state index in [1.165, 1.54) is 0 Å². The molecule has 0 heterocycles. The van der Waals surface area contributed by atoms with Gasteiger partial charge in [0.05, 0.1) is 11.6 Å². The van der Waals surface area contributed by atoms with Crippen molar-refractivity contribution >= 4 is 11.6 Å². The molecule has 2 aromatic carbocycles. The first-order chi connectivity index (χ1) is 10.0. The van der Waals surface area contributed by atoms with Gasteiger partial charge in [0.2, 0.25) is 0 Å². The minimum atomic E-state index is -0.1000. The van der Waals surface area contributed by atoms with Gasteiger partial charge in [0, 0.05) is 22.2 Å². The molecule has 0 radical (unpaired) electrons. The topological polar surface area (TPSA) is 59.0 Å². The molecule has 0 spiro atoms. The molecular weight excluding hydrogens is 284 g/mol. The Morgan fingerprint density at radius 2 is 2.05 bits per heavy atom. The molecule has 2 aromatic rings. The molecule has 2 rings (SSSR count). The first-order valence-corrected chi connectivity index (χ1v) is 7.06. The van der Waals surface area contributed by atoms with Crippen molar-refractivity contribution in [1.82, 2.24) is 0 Å². The summed E-state index contributed by atoms with van der Waals surface area (Å²) < 4.78 is 5.87. The number of rotatable bonds is 4. The summed E-state index contributed by atoms with van der Waals surface area (Å²) in [5.41, 5.74) is 9.41. The zero-order valence-electron chi connectivity index (χ0n) is 12.1. The predicted octanol–water partition coefficient (Wildman–Crippen LogP) is 4.12. The Bertz CT molecular complexity index is 690. The second kappa shape index (κ2) is 6.62. The average Bonchev–Trinajstić information content (AvgIpc) is 2.45. The molecule has 0 saturated carbocycles. The molecule has 1 atom stereocenters. The van der Waals surface area contributed by atoms with Crippen molar-refractivity contribution in [2.75, 3.05) is 0 Å². The molecule has 0 aliphatic heterocycles. The van der Waals surface area contributed by atoms with Crippen LogP contribution in [0, 0.1) is 18.3 Å². The van der Waals surface area contributed by atoms with Gasteiger partial charge in [-0.1, -0.05) is 29.8 Å². The zero-order chi connectivity index (χ0) is 15.4. The number of aryl methyl sites for hydroxylation is 1. The van der Waals surface area contributed by atoms with Gasteiger partial charge in [-0.05, 0) is 37.6 Å². The molecule has 0 unspecified atom stereocenters. The molecule has 3 nitrogen and oxygen atoms in total. The third-order valence-electron chi connectivity index (χ3n) is 3.22. The van der Waals surface area contributed by atoms with Crippen LogP contribution in [0.3, 0.4) is 0 Å². The highest BCUT2D eigenvalue weighted by atomic mass is 35.5. The number of hydrogen-bond donors (Lipinski definition) is 1. The normalized spacial score (nSPS) is 11.8. The number of nitriles is 1. The lowest BCUT2D eigenvalue weighted by Gasteiger charge is -2.15. The fourth-order valence-corrected chi connectivity index (χ4v) is 2.27. The maximum absolute atomic E-state index is 8.84. The van der Waals surface area contributed by atoms with E-state index >= 15 is 0 Å². The first kappa shape index (κ1) is 15.4. The van der Waals surface area contributed by atoms with Crippen LogP contribution in [0.2, 0.25) is 5.02 Å². The molecule has 0 saturated heterocycles. The van der Waals surface area contributed by atoms with Crippen LogP contribution in [0.5, 0.6) is 5.75 Å². The van der Waals surface area contributed by atoms with E-state index in [-0.39, 0.29) is 6.04 Å². The van der Waals surface area contributed by atoms with Crippen LogP contribution >= 0.6 is 11.6 Å². The minimum absolute atomic E-state index is 0.1000. The number of nitrogens with two attached hydrogens (primary N) is 1. The lowest BCUT2D eigenvalue weighted by atomic mass is 10.1. The summed E-state index contributed by atoms with van der Waals surface area (Å²) in [6, 6.07) is 13.1. The van der Waals surface area contributed by atoms with Crippen LogP contribution in [0.1, 0.15) is 35.2 Å². The molecular formula is C17H17ClN2O. The van der Waals surface area contributed by atoms with E-state index in [9.17, 15) is 0 Å². The van der Waals surface area contributed by atoms with E-state index in [1.807, 2.05) is 38.1 Å². The van der Waals surface area contributed by atoms with E-state index in [0.717, 1.165) is 22.4 Å². The van der Waals surface area contributed by atoms with Crippen molar-refractivity contribution in [3.05, 3.63) is 63.7 Å². The van der Waals surface area contributed by atoms with Crippen LogP contribution in [0.15, 0.2) is 36.4 Å². The SMILES string of the molecule is Cc1ccc([C@H](C)N)c(OCc2ccc(C#N)cc2Cl)c1. The Morgan fingerprint density at radius 1 is 1.29 bits per heavy atom. The molecule has 0 amide bonds. The third kappa shape index (κ3) is 3.75. The number of nitrogens with zero attached hydrogens (tertiary/aromatic N) is 1. The summed E-state index contributed by atoms with van der Waals surface area (Å²) in [6.45, 7) is 4.27. The van der Waals surface area contributed by atoms with Gasteiger partial charge in [-0.25, -0.2) is 0 Å². The Morgan fingerprint density at radius 3 is 2.67 bits per heavy atom. The van der Waals surface area contributed by atoms with Gasteiger partial charge in [-0.15, -0.1) is 0 Å². The monoisotopic (exact) mass is 300 g/mol. The van der Waals surface area contributed by atoms with E-state index < -0.39 is 0 Å². The molecule has 4 heteroatoms. The van der Waals surface area contributed by atoms with E-state index in [4.69, 9.17) is 27.3 Å². The Labute approximate surface area is 129 Å². The fourth-order valence-electron chi connectivity index (χ4n) is 2.03. The summed E-state index contributed by atoms with van der Waals surface area (Å²) in [7, 11) is 0. The Kier molecular flexibility index (Phi) is 4.85. The molecule has 0 aliphatic carbocycles. The predicted molar refractivity (Wildman–Crippen MR) is 84.3 cm³/mol. The summed E-state index contributed by atoms with van der Waals surface area (Å²) in [5.74, 6) is 0.769. The lowest BCUT2D eigenvalue weighted by molar-refractivity contribution is 0.301. The Hall–Kier alpha value is -2.02. The van der Waals surface area contributed by atoms with Crippen LogP contribution in [0.4, 0.5) is 0 Å². The van der Waals surface area contributed by atoms with Crippen LogP contribution in [-0.2, 0) is 6.61 Å². The molecule has 0 aromatic heterocycles. The van der Waals surface area contributed by atoms with Crippen molar-refractivity contribution in [3.63, 3.8) is 0 Å². The number of ether oxygens (including phenoxy) is 1. The van der Waals surface area contributed by atoms with Gasteiger partial charge in [0.15, 0.2) is 0 Å². The summed E-state index contributed by atoms with van der Waals surface area (Å²) in [4.78, 5) is 0. The van der Waals surface area contributed by atoms with Gasteiger partial charge >= 0.3 is 0 Å². The Balaban J connectivity index is 2.20. The highest BCUT2D eigenvalue weighted by molar-refractivity contribution is 6.31. The van der Waals surface area contributed by atoms with E-state index in [1.54, 1.807) is 12.1 Å².